The molecule has 0 saturated heterocycles. The predicted octanol–water partition coefficient (Wildman–Crippen LogP) is 4.79. The van der Waals surface area contributed by atoms with Crippen molar-refractivity contribution in [3.8, 4) is 0 Å². The number of benzene rings is 2. The van der Waals surface area contributed by atoms with Crippen LogP contribution in [0.1, 0.15) is 72.8 Å². The summed E-state index contributed by atoms with van der Waals surface area (Å²) in [6, 6.07) is 14.9. The molecule has 7 nitrogen and oxygen atoms in total. The number of tetrazole rings is 1. The van der Waals surface area contributed by atoms with Crippen LogP contribution < -0.4 is 10.5 Å². The minimum atomic E-state index is -0.371. The molecule has 0 radical (unpaired) electrons. The first-order valence-electron chi connectivity index (χ1n) is 12.3. The summed E-state index contributed by atoms with van der Waals surface area (Å²) >= 11 is 0. The molecule has 2 aromatic heterocycles. The molecule has 1 aliphatic carbocycles. The Labute approximate surface area is 198 Å². The van der Waals surface area contributed by atoms with Gasteiger partial charge < -0.3 is 9.88 Å². The van der Waals surface area contributed by atoms with Crippen molar-refractivity contribution >= 4 is 16.6 Å². The third-order valence-electron chi connectivity index (χ3n) is 7.85. The first kappa shape index (κ1) is 21.1. The minimum Gasteiger partial charge on any atom is -0.354 e. The molecule has 0 spiro atoms. The van der Waals surface area contributed by atoms with E-state index in [0.717, 1.165) is 47.2 Å². The number of para-hydroxylation sites is 1. The quantitative estimate of drug-likeness (QED) is 0.480. The maximum Gasteiger partial charge on any atom is 0.254 e. The van der Waals surface area contributed by atoms with E-state index in [-0.39, 0.29) is 23.7 Å². The first-order valence-corrected chi connectivity index (χ1v) is 12.3. The zero-order valence-corrected chi connectivity index (χ0v) is 20.0. The molecule has 1 fully saturated rings. The van der Waals surface area contributed by atoms with Crippen molar-refractivity contribution in [3.05, 3.63) is 80.9 Å². The summed E-state index contributed by atoms with van der Waals surface area (Å²) in [5.41, 5.74) is 6.23. The van der Waals surface area contributed by atoms with Crippen LogP contribution in [0.25, 0.3) is 10.9 Å². The fourth-order valence-electron chi connectivity index (χ4n) is 5.93. The first-order chi connectivity index (χ1) is 16.5. The van der Waals surface area contributed by atoms with Gasteiger partial charge in [0.1, 0.15) is 6.04 Å². The summed E-state index contributed by atoms with van der Waals surface area (Å²) in [6.45, 7) is 6.35. The average Bonchev–Trinajstić information content (AvgIpc) is 3.58. The molecule has 3 heterocycles. The second-order valence-electron chi connectivity index (χ2n) is 9.94. The van der Waals surface area contributed by atoms with Crippen LogP contribution in [-0.4, -0.2) is 31.2 Å². The van der Waals surface area contributed by atoms with Gasteiger partial charge in [0.15, 0.2) is 5.82 Å². The molecule has 6 rings (SSSR count). The monoisotopic (exact) mass is 454 g/mol. The van der Waals surface area contributed by atoms with Gasteiger partial charge in [0.25, 0.3) is 5.56 Å². The summed E-state index contributed by atoms with van der Waals surface area (Å²) in [5, 5.41) is 14.1. The van der Waals surface area contributed by atoms with E-state index in [1.165, 1.54) is 24.0 Å². The van der Waals surface area contributed by atoms with Crippen LogP contribution in [0.2, 0.25) is 0 Å². The van der Waals surface area contributed by atoms with Gasteiger partial charge in [-0.3, -0.25) is 4.79 Å². The molecule has 0 unspecified atom stereocenters. The number of nitrogens with zero attached hydrogens (tertiary/aromatic N) is 5. The number of rotatable bonds is 4. The van der Waals surface area contributed by atoms with Crippen molar-refractivity contribution in [1.82, 2.24) is 25.2 Å². The molecule has 2 aromatic carbocycles. The zero-order valence-electron chi connectivity index (χ0n) is 20.0. The Kier molecular flexibility index (Phi) is 5.01. The number of hydrogen-bond donors (Lipinski definition) is 1. The van der Waals surface area contributed by atoms with Crippen LogP contribution in [-0.2, 0) is 6.42 Å². The molecular weight excluding hydrogens is 424 g/mol. The highest BCUT2D eigenvalue weighted by molar-refractivity contribution is 5.83. The highest BCUT2D eigenvalue weighted by atomic mass is 16.1. The van der Waals surface area contributed by atoms with Crippen LogP contribution in [0, 0.1) is 13.8 Å². The van der Waals surface area contributed by atoms with Crippen molar-refractivity contribution in [2.45, 2.75) is 71.0 Å². The van der Waals surface area contributed by atoms with E-state index < -0.39 is 0 Å². The van der Waals surface area contributed by atoms with E-state index >= 15 is 0 Å². The van der Waals surface area contributed by atoms with E-state index in [2.05, 4.69) is 82.6 Å². The van der Waals surface area contributed by atoms with E-state index in [1.807, 2.05) is 10.7 Å². The Morgan fingerprint density at radius 3 is 2.71 bits per heavy atom. The average molecular weight is 455 g/mol. The lowest BCUT2D eigenvalue weighted by Crippen LogP contribution is -2.39. The Bertz CT molecular complexity index is 1430. The fourth-order valence-corrected chi connectivity index (χ4v) is 5.93. The van der Waals surface area contributed by atoms with Gasteiger partial charge in [0, 0.05) is 17.3 Å². The van der Waals surface area contributed by atoms with Gasteiger partial charge in [-0.25, -0.2) is 4.68 Å². The molecule has 34 heavy (non-hydrogen) atoms. The lowest BCUT2D eigenvalue weighted by molar-refractivity contribution is 0.423. The number of pyridine rings is 1. The molecule has 4 aromatic rings. The fraction of sp³-hybridized carbons (Fsp3) is 0.407. The molecule has 1 aliphatic heterocycles. The number of aromatic nitrogens is 5. The van der Waals surface area contributed by atoms with Gasteiger partial charge in [-0.2, -0.15) is 0 Å². The largest absolute Gasteiger partial charge is 0.354 e. The Morgan fingerprint density at radius 2 is 1.88 bits per heavy atom. The van der Waals surface area contributed by atoms with Crippen LogP contribution in [0.5, 0.6) is 0 Å². The SMILES string of the molecule is Cc1ccc2cc([C@H](c3nnnn3C3CCCC3)N3c4ccccc4C[C@H]3C)c(=O)[nH]c2c1C. The van der Waals surface area contributed by atoms with E-state index in [1.54, 1.807) is 0 Å². The standard InChI is InChI=1S/C27H30N6O/c1-16-12-13-20-15-22(27(34)28-24(20)18(16)3)25(26-29-30-31-33(26)21-9-5-6-10-21)32-17(2)14-19-8-4-7-11-23(19)32/h4,7-8,11-13,15,17,21,25H,5-6,9-10,14H2,1-3H3,(H,28,34)/t17-,25-/m1/s1. The topological polar surface area (TPSA) is 79.7 Å². The maximum atomic E-state index is 13.7. The lowest BCUT2D eigenvalue weighted by Gasteiger charge is -2.34. The molecule has 7 heteroatoms. The smallest absolute Gasteiger partial charge is 0.254 e. The normalized spacial score (nSPS) is 19.1. The number of anilines is 1. The summed E-state index contributed by atoms with van der Waals surface area (Å²) in [6.07, 6.45) is 5.45. The van der Waals surface area contributed by atoms with Crippen LogP contribution in [0.15, 0.2) is 47.3 Å². The second kappa shape index (κ2) is 8.08. The summed E-state index contributed by atoms with van der Waals surface area (Å²) in [5.74, 6) is 0.754. The van der Waals surface area contributed by atoms with E-state index in [9.17, 15) is 4.79 Å². The third kappa shape index (κ3) is 3.25. The molecule has 0 bridgehead atoms. The highest BCUT2D eigenvalue weighted by Gasteiger charge is 2.39. The lowest BCUT2D eigenvalue weighted by atomic mass is 9.99. The summed E-state index contributed by atoms with van der Waals surface area (Å²) in [4.78, 5) is 19.2. The number of aryl methyl sites for hydroxylation is 2. The third-order valence-corrected chi connectivity index (χ3v) is 7.85. The van der Waals surface area contributed by atoms with E-state index in [0.29, 0.717) is 5.56 Å². The van der Waals surface area contributed by atoms with Crippen LogP contribution >= 0.6 is 0 Å². The van der Waals surface area contributed by atoms with Gasteiger partial charge in [-0.1, -0.05) is 43.2 Å². The minimum absolute atomic E-state index is 0.0799. The van der Waals surface area contributed by atoms with Gasteiger partial charge in [0.2, 0.25) is 0 Å². The number of H-pyrrole nitrogens is 1. The predicted molar refractivity (Wildman–Crippen MR) is 133 cm³/mol. The Hall–Kier alpha value is -3.48. The van der Waals surface area contributed by atoms with Crippen LogP contribution in [0.4, 0.5) is 5.69 Å². The molecule has 1 N–H and O–H groups in total. The van der Waals surface area contributed by atoms with Gasteiger partial charge in [-0.05, 0) is 84.7 Å². The van der Waals surface area contributed by atoms with Crippen molar-refractivity contribution in [2.75, 3.05) is 4.90 Å². The maximum absolute atomic E-state index is 13.7. The van der Waals surface area contributed by atoms with Crippen molar-refractivity contribution in [3.63, 3.8) is 0 Å². The van der Waals surface area contributed by atoms with Gasteiger partial charge in [0.05, 0.1) is 11.6 Å². The Morgan fingerprint density at radius 1 is 1.09 bits per heavy atom. The van der Waals surface area contributed by atoms with Crippen molar-refractivity contribution < 1.29 is 0 Å². The zero-order chi connectivity index (χ0) is 23.4. The number of hydrogen-bond acceptors (Lipinski definition) is 5. The molecule has 2 atom stereocenters. The van der Waals surface area contributed by atoms with Gasteiger partial charge >= 0.3 is 0 Å². The summed E-state index contributed by atoms with van der Waals surface area (Å²) < 4.78 is 2.00. The van der Waals surface area contributed by atoms with Crippen molar-refractivity contribution in [1.29, 1.82) is 0 Å². The number of fused-ring (bicyclic) bond motifs is 2. The molecule has 1 saturated carbocycles. The number of aromatic amines is 1. The second-order valence-corrected chi connectivity index (χ2v) is 9.94. The van der Waals surface area contributed by atoms with Crippen LogP contribution in [0.3, 0.4) is 0 Å². The Balaban J connectivity index is 1.59. The number of nitrogens with one attached hydrogen (secondary N) is 1. The van der Waals surface area contributed by atoms with E-state index in [4.69, 9.17) is 0 Å². The molecular formula is C27H30N6O. The highest BCUT2D eigenvalue weighted by Crippen LogP contribution is 2.42. The summed E-state index contributed by atoms with van der Waals surface area (Å²) in [7, 11) is 0. The molecule has 174 valence electrons. The van der Waals surface area contributed by atoms with Gasteiger partial charge in [-0.15, -0.1) is 5.10 Å². The molecule has 0 amide bonds. The van der Waals surface area contributed by atoms with Crippen molar-refractivity contribution in [2.24, 2.45) is 0 Å². The molecule has 2 aliphatic rings.